The van der Waals surface area contributed by atoms with Gasteiger partial charge in [0.15, 0.2) is 17.3 Å². The molecule has 210 valence electrons. The van der Waals surface area contributed by atoms with Gasteiger partial charge in [0.2, 0.25) is 0 Å². The summed E-state index contributed by atoms with van der Waals surface area (Å²) in [6.07, 6.45) is 6.98. The van der Waals surface area contributed by atoms with E-state index in [1.54, 1.807) is 55.3 Å². The maximum absolute atomic E-state index is 13.5. The molecule has 1 unspecified atom stereocenters. The molecule has 3 heterocycles. The van der Waals surface area contributed by atoms with Gasteiger partial charge in [-0.25, -0.2) is 4.98 Å². The van der Waals surface area contributed by atoms with E-state index in [9.17, 15) is 14.4 Å². The van der Waals surface area contributed by atoms with Crippen LogP contribution in [-0.4, -0.2) is 40.4 Å². The molecule has 2 aliphatic carbocycles. The largest absolute Gasteiger partial charge is 0.493 e. The first-order valence-corrected chi connectivity index (χ1v) is 13.7. The van der Waals surface area contributed by atoms with Gasteiger partial charge in [0, 0.05) is 41.4 Å². The molecule has 0 saturated heterocycles. The van der Waals surface area contributed by atoms with Crippen LogP contribution in [0.5, 0.6) is 23.0 Å². The molecule has 10 nitrogen and oxygen atoms in total. The molecular weight excluding hydrogens is 524 g/mol. The summed E-state index contributed by atoms with van der Waals surface area (Å²) < 4.78 is 18.5. The minimum Gasteiger partial charge on any atom is -0.493 e. The highest BCUT2D eigenvalue weighted by molar-refractivity contribution is 6.06. The van der Waals surface area contributed by atoms with Crippen LogP contribution in [0.25, 0.3) is 10.9 Å². The lowest BCUT2D eigenvalue weighted by atomic mass is 9.92. The van der Waals surface area contributed by atoms with E-state index in [4.69, 9.17) is 14.2 Å². The average molecular weight is 555 g/mol. The van der Waals surface area contributed by atoms with Gasteiger partial charge in [0.05, 0.1) is 25.9 Å². The molecule has 1 N–H and O–H groups in total. The van der Waals surface area contributed by atoms with E-state index in [-0.39, 0.29) is 28.8 Å². The number of benzene rings is 1. The highest BCUT2D eigenvalue weighted by Gasteiger charge is 2.34. The van der Waals surface area contributed by atoms with Gasteiger partial charge >= 0.3 is 0 Å². The van der Waals surface area contributed by atoms with Gasteiger partial charge < -0.3 is 24.1 Å². The summed E-state index contributed by atoms with van der Waals surface area (Å²) in [7, 11) is 3.12. The fourth-order valence-corrected chi connectivity index (χ4v) is 5.46. The normalized spacial score (nSPS) is 15.2. The summed E-state index contributed by atoms with van der Waals surface area (Å²) in [6.45, 7) is 2.00. The van der Waals surface area contributed by atoms with Gasteiger partial charge in [-0.05, 0) is 68.9 Å². The summed E-state index contributed by atoms with van der Waals surface area (Å²) >= 11 is 0. The first-order valence-electron chi connectivity index (χ1n) is 13.7. The van der Waals surface area contributed by atoms with Gasteiger partial charge in [0.1, 0.15) is 22.9 Å². The number of carbonyl (C=O) groups is 2. The van der Waals surface area contributed by atoms with Crippen molar-refractivity contribution in [2.45, 2.75) is 45.1 Å². The van der Waals surface area contributed by atoms with E-state index in [1.807, 2.05) is 6.92 Å². The number of hydrogen-bond acceptors (Lipinski definition) is 8. The summed E-state index contributed by atoms with van der Waals surface area (Å²) in [5.74, 6) is 2.09. The number of hydrogen-bond donors (Lipinski definition) is 1. The fraction of sp³-hybridized carbons (Fsp3) is 0.323. The first-order chi connectivity index (χ1) is 19.9. The summed E-state index contributed by atoms with van der Waals surface area (Å²) in [5.41, 5.74) is 1.47. The molecule has 0 radical (unpaired) electrons. The minimum atomic E-state index is -0.602. The monoisotopic (exact) mass is 554 g/mol. The quantitative estimate of drug-likeness (QED) is 0.310. The highest BCUT2D eigenvalue weighted by Crippen LogP contribution is 2.40. The third-order valence-corrected chi connectivity index (χ3v) is 7.83. The number of ketones is 1. The second-order valence-corrected chi connectivity index (χ2v) is 10.4. The molecule has 10 heteroatoms. The van der Waals surface area contributed by atoms with Gasteiger partial charge in [-0.3, -0.25) is 19.4 Å². The second kappa shape index (κ2) is 10.7. The maximum Gasteiger partial charge on any atom is 0.263 e. The molecule has 2 aliphatic rings. The van der Waals surface area contributed by atoms with Crippen molar-refractivity contribution in [1.29, 1.82) is 0 Å². The summed E-state index contributed by atoms with van der Waals surface area (Å²) in [6, 6.07) is 9.95. The number of methoxy groups -OCH3 is 2. The number of amides is 1. The van der Waals surface area contributed by atoms with Crippen LogP contribution < -0.4 is 25.1 Å². The first kappa shape index (κ1) is 26.5. The van der Waals surface area contributed by atoms with E-state index in [0.717, 1.165) is 23.9 Å². The number of nitrogens with one attached hydrogen (secondary N) is 1. The van der Waals surface area contributed by atoms with Crippen LogP contribution in [0.3, 0.4) is 0 Å². The molecule has 4 aromatic rings. The minimum absolute atomic E-state index is 0.0311. The zero-order valence-corrected chi connectivity index (χ0v) is 23.1. The molecule has 0 bridgehead atoms. The Morgan fingerprint density at radius 3 is 2.49 bits per heavy atom. The van der Waals surface area contributed by atoms with Crippen LogP contribution in [0, 0.1) is 5.92 Å². The molecule has 1 aromatic carbocycles. The topological polar surface area (TPSA) is 122 Å². The molecule has 1 saturated carbocycles. The van der Waals surface area contributed by atoms with E-state index in [0.29, 0.717) is 59.3 Å². The number of carbonyl (C=O) groups excluding carboxylic acids is 2. The molecule has 3 aromatic heterocycles. The third kappa shape index (κ3) is 5.01. The predicted molar refractivity (Wildman–Crippen MR) is 153 cm³/mol. The number of pyridine rings is 3. The molecular formula is C31H30N4O6. The van der Waals surface area contributed by atoms with Crippen LogP contribution in [0.2, 0.25) is 0 Å². The fourth-order valence-electron chi connectivity index (χ4n) is 5.46. The lowest BCUT2D eigenvalue weighted by molar-refractivity contribution is 0.0969. The van der Waals surface area contributed by atoms with E-state index >= 15 is 0 Å². The van der Waals surface area contributed by atoms with Gasteiger partial charge in [-0.15, -0.1) is 0 Å². The van der Waals surface area contributed by atoms with Crippen LogP contribution in [0.4, 0.5) is 5.82 Å². The molecule has 0 aliphatic heterocycles. The van der Waals surface area contributed by atoms with Gasteiger partial charge in [-0.2, -0.15) is 0 Å². The van der Waals surface area contributed by atoms with Crippen molar-refractivity contribution in [3.63, 3.8) is 0 Å². The predicted octanol–water partition coefficient (Wildman–Crippen LogP) is 5.34. The Bertz CT molecular complexity index is 1730. The highest BCUT2D eigenvalue weighted by atomic mass is 16.5. The van der Waals surface area contributed by atoms with Crippen LogP contribution in [0.15, 0.2) is 53.6 Å². The van der Waals surface area contributed by atoms with Crippen molar-refractivity contribution in [2.24, 2.45) is 5.92 Å². The average Bonchev–Trinajstić information content (AvgIpc) is 3.83. The smallest absolute Gasteiger partial charge is 0.263 e. The van der Waals surface area contributed by atoms with E-state index in [2.05, 4.69) is 15.3 Å². The van der Waals surface area contributed by atoms with E-state index in [1.165, 1.54) is 12.3 Å². The van der Waals surface area contributed by atoms with Crippen molar-refractivity contribution in [3.05, 3.63) is 76.0 Å². The summed E-state index contributed by atoms with van der Waals surface area (Å²) in [5, 5.41) is 3.43. The summed E-state index contributed by atoms with van der Waals surface area (Å²) in [4.78, 5) is 48.3. The Morgan fingerprint density at radius 2 is 1.78 bits per heavy atom. The van der Waals surface area contributed by atoms with Gasteiger partial charge in [0.25, 0.3) is 11.5 Å². The maximum atomic E-state index is 13.5. The molecule has 0 spiro atoms. The number of anilines is 1. The number of nitrogens with zero attached hydrogens (tertiary/aromatic N) is 3. The SMILES string of the molecule is COc1cc2nccc(Oc3ccc(NC(=O)c4cc5c(n(C(C)C6CC6)c4=O)CCCC5=O)nc3)c2cc1OC. The second-order valence-electron chi connectivity index (χ2n) is 10.4. The van der Waals surface area contributed by atoms with Crippen LogP contribution in [-0.2, 0) is 6.42 Å². The number of Topliss-reactive ketones (excluding diaryl/α,β-unsaturated/α-hetero) is 1. The molecule has 1 amide bonds. The Kier molecular flexibility index (Phi) is 6.90. The Balaban J connectivity index is 1.25. The third-order valence-electron chi connectivity index (χ3n) is 7.83. The Morgan fingerprint density at radius 1 is 1.00 bits per heavy atom. The van der Waals surface area contributed by atoms with Crippen LogP contribution in [0.1, 0.15) is 65.1 Å². The zero-order valence-electron chi connectivity index (χ0n) is 23.1. The van der Waals surface area contributed by atoms with Crippen molar-refractivity contribution >= 4 is 28.4 Å². The van der Waals surface area contributed by atoms with Crippen molar-refractivity contribution < 1.29 is 23.8 Å². The zero-order chi connectivity index (χ0) is 28.7. The van der Waals surface area contributed by atoms with E-state index < -0.39 is 5.91 Å². The lowest BCUT2D eigenvalue weighted by Gasteiger charge is -2.25. The molecule has 1 fully saturated rings. The Hall–Kier alpha value is -4.73. The molecule has 6 rings (SSSR count). The number of ether oxygens (including phenoxy) is 3. The standard InChI is InChI=1S/C31H30N4O6/c1-17(18-7-8-18)35-24-5-4-6-25(36)21(24)13-22(31(35)38)30(37)34-29-10-9-19(16-33-29)41-26-11-12-32-23-15-28(40-3)27(39-2)14-20(23)26/h9-18H,4-8H2,1-3H3,(H,33,34,37). The van der Waals surface area contributed by atoms with Crippen molar-refractivity contribution in [2.75, 3.05) is 19.5 Å². The Labute approximate surface area is 236 Å². The lowest BCUT2D eigenvalue weighted by Crippen LogP contribution is -2.36. The molecule has 41 heavy (non-hydrogen) atoms. The molecule has 1 atom stereocenters. The number of rotatable bonds is 8. The van der Waals surface area contributed by atoms with Crippen molar-refractivity contribution in [3.8, 4) is 23.0 Å². The van der Waals surface area contributed by atoms with Gasteiger partial charge in [-0.1, -0.05) is 0 Å². The van der Waals surface area contributed by atoms with Crippen molar-refractivity contribution in [1.82, 2.24) is 14.5 Å². The number of aromatic nitrogens is 3. The van der Waals surface area contributed by atoms with Crippen LogP contribution >= 0.6 is 0 Å². The number of fused-ring (bicyclic) bond motifs is 2.